The van der Waals surface area contributed by atoms with E-state index in [1.165, 1.54) is 0 Å². The number of aliphatic carboxylic acids is 1. The van der Waals surface area contributed by atoms with Crippen LogP contribution in [-0.4, -0.2) is 47.3 Å². The van der Waals surface area contributed by atoms with Crippen molar-refractivity contribution in [1.29, 1.82) is 0 Å². The molecule has 0 amide bonds. The Kier molecular flexibility index (Phi) is 14.7. The zero-order valence-corrected chi connectivity index (χ0v) is 17.7. The minimum atomic E-state index is -0.964. The standard InChI is InChI=1S/C22H43NO3/c1-5-9-12-13-16-20(24)19-23(17-14-10-6-2,18-15-11-7-3)21(8-4)22(25)26/h12-13,20-21,24H,5-11,14-19H2,1-4H3/b13-12+. The fraction of sp³-hybridized carbons (Fsp3) is 0.864. The summed E-state index contributed by atoms with van der Waals surface area (Å²) in [5.74, 6) is -0.964. The van der Waals surface area contributed by atoms with E-state index < -0.39 is 18.1 Å². The van der Waals surface area contributed by atoms with E-state index in [2.05, 4.69) is 26.8 Å². The van der Waals surface area contributed by atoms with Crippen LogP contribution in [0.4, 0.5) is 0 Å². The smallest absolute Gasteiger partial charge is 0.129 e. The highest BCUT2D eigenvalue weighted by molar-refractivity contribution is 5.69. The van der Waals surface area contributed by atoms with Crippen molar-refractivity contribution in [2.24, 2.45) is 0 Å². The molecular weight excluding hydrogens is 326 g/mol. The molecule has 0 fully saturated rings. The second kappa shape index (κ2) is 15.2. The van der Waals surface area contributed by atoms with Crippen LogP contribution in [0.1, 0.15) is 91.9 Å². The average Bonchev–Trinajstić information content (AvgIpc) is 2.59. The number of carboxylic acids is 1. The van der Waals surface area contributed by atoms with Gasteiger partial charge in [0.1, 0.15) is 18.7 Å². The van der Waals surface area contributed by atoms with Crippen molar-refractivity contribution >= 4 is 5.97 Å². The van der Waals surface area contributed by atoms with Crippen LogP contribution >= 0.6 is 0 Å². The predicted octanol–water partition coefficient (Wildman–Crippen LogP) is 3.82. The van der Waals surface area contributed by atoms with Gasteiger partial charge in [-0.2, -0.15) is 0 Å². The van der Waals surface area contributed by atoms with E-state index in [9.17, 15) is 15.0 Å². The summed E-state index contributed by atoms with van der Waals surface area (Å²) in [5.41, 5.74) is 0. The molecule has 0 aliphatic rings. The molecule has 0 aromatic carbocycles. The molecule has 0 radical (unpaired) electrons. The zero-order valence-electron chi connectivity index (χ0n) is 17.7. The number of carboxylic acid groups (broad SMARTS) is 1. The maximum Gasteiger partial charge on any atom is 0.129 e. The topological polar surface area (TPSA) is 60.4 Å². The van der Waals surface area contributed by atoms with Gasteiger partial charge < -0.3 is 19.5 Å². The van der Waals surface area contributed by atoms with Gasteiger partial charge in [0, 0.05) is 6.42 Å². The molecule has 0 heterocycles. The first-order chi connectivity index (χ1) is 12.5. The lowest BCUT2D eigenvalue weighted by Crippen LogP contribution is -2.64. The Balaban J connectivity index is 5.33. The Hall–Kier alpha value is -0.870. The van der Waals surface area contributed by atoms with Crippen LogP contribution in [-0.2, 0) is 4.79 Å². The molecule has 0 spiro atoms. The minimum absolute atomic E-state index is 0.474. The van der Waals surface area contributed by atoms with Crippen LogP contribution in [0.2, 0.25) is 0 Å². The van der Waals surface area contributed by atoms with E-state index in [1.54, 1.807) is 0 Å². The van der Waals surface area contributed by atoms with Gasteiger partial charge in [0.05, 0.1) is 19.1 Å². The lowest BCUT2D eigenvalue weighted by Gasteiger charge is -2.46. The van der Waals surface area contributed by atoms with Crippen LogP contribution in [0.25, 0.3) is 0 Å². The quantitative estimate of drug-likeness (QED) is 0.241. The Labute approximate surface area is 161 Å². The molecule has 2 unspecified atom stereocenters. The maximum absolute atomic E-state index is 11.9. The molecule has 0 saturated carbocycles. The van der Waals surface area contributed by atoms with Gasteiger partial charge in [-0.3, -0.25) is 0 Å². The normalized spacial score (nSPS) is 14.7. The Morgan fingerprint density at radius 1 is 0.962 bits per heavy atom. The van der Waals surface area contributed by atoms with Gasteiger partial charge in [-0.15, -0.1) is 0 Å². The molecule has 0 aliphatic heterocycles. The van der Waals surface area contributed by atoms with E-state index in [1.807, 2.05) is 13.0 Å². The van der Waals surface area contributed by atoms with Gasteiger partial charge in [-0.05, 0) is 38.5 Å². The van der Waals surface area contributed by atoms with Crippen LogP contribution in [0, 0.1) is 0 Å². The highest BCUT2D eigenvalue weighted by Gasteiger charge is 2.37. The second-order valence-corrected chi connectivity index (χ2v) is 7.66. The van der Waals surface area contributed by atoms with E-state index in [-0.39, 0.29) is 0 Å². The molecule has 4 heteroatoms. The van der Waals surface area contributed by atoms with Crippen LogP contribution < -0.4 is 5.11 Å². The Bertz CT molecular complexity index is 372. The minimum Gasteiger partial charge on any atom is -0.544 e. The van der Waals surface area contributed by atoms with Gasteiger partial charge in [-0.1, -0.05) is 59.1 Å². The first-order valence-electron chi connectivity index (χ1n) is 10.9. The summed E-state index contributed by atoms with van der Waals surface area (Å²) in [6, 6.07) is -0.530. The van der Waals surface area contributed by atoms with Crippen molar-refractivity contribution in [3.63, 3.8) is 0 Å². The number of nitrogens with zero attached hydrogens (tertiary/aromatic N) is 1. The van der Waals surface area contributed by atoms with E-state index >= 15 is 0 Å². The summed E-state index contributed by atoms with van der Waals surface area (Å²) in [6.45, 7) is 10.5. The third kappa shape index (κ3) is 9.72. The lowest BCUT2D eigenvalue weighted by molar-refractivity contribution is -0.948. The van der Waals surface area contributed by atoms with E-state index in [0.29, 0.717) is 23.9 Å². The number of aliphatic hydroxyl groups excluding tert-OH is 1. The monoisotopic (exact) mass is 369 g/mol. The number of rotatable bonds is 17. The van der Waals surface area contributed by atoms with Crippen LogP contribution in [0.3, 0.4) is 0 Å². The first kappa shape index (κ1) is 25.1. The largest absolute Gasteiger partial charge is 0.544 e. The first-order valence-corrected chi connectivity index (χ1v) is 10.9. The van der Waals surface area contributed by atoms with Crippen molar-refractivity contribution < 1.29 is 19.5 Å². The highest BCUT2D eigenvalue weighted by Crippen LogP contribution is 2.23. The van der Waals surface area contributed by atoms with Crippen molar-refractivity contribution in [3.05, 3.63) is 12.2 Å². The van der Waals surface area contributed by atoms with Gasteiger partial charge in [-0.25, -0.2) is 0 Å². The van der Waals surface area contributed by atoms with Gasteiger partial charge in [0.2, 0.25) is 0 Å². The molecule has 0 aromatic heterocycles. The van der Waals surface area contributed by atoms with E-state index in [0.717, 1.165) is 64.5 Å². The second-order valence-electron chi connectivity index (χ2n) is 7.66. The number of unbranched alkanes of at least 4 members (excludes halogenated alkanes) is 5. The zero-order chi connectivity index (χ0) is 19.8. The molecule has 154 valence electrons. The molecular formula is C22H43NO3. The molecule has 4 nitrogen and oxygen atoms in total. The maximum atomic E-state index is 11.9. The van der Waals surface area contributed by atoms with Crippen LogP contribution in [0.15, 0.2) is 12.2 Å². The van der Waals surface area contributed by atoms with E-state index in [4.69, 9.17) is 0 Å². The molecule has 26 heavy (non-hydrogen) atoms. The van der Waals surface area contributed by atoms with Gasteiger partial charge in [0.15, 0.2) is 0 Å². The SMILES string of the molecule is CCC/C=C/CC(O)C[N+](CCCCC)(CCCCC)C(CC)C(=O)[O-]. The molecule has 0 saturated heterocycles. The third-order valence-electron chi connectivity index (χ3n) is 5.34. The summed E-state index contributed by atoms with van der Waals surface area (Å²) in [4.78, 5) is 11.9. The fourth-order valence-corrected chi connectivity index (χ4v) is 3.90. The summed E-state index contributed by atoms with van der Waals surface area (Å²) in [6.07, 6.45) is 13.4. The van der Waals surface area contributed by atoms with Gasteiger partial charge in [0.25, 0.3) is 0 Å². The number of quaternary nitrogens is 1. The van der Waals surface area contributed by atoms with Crippen molar-refractivity contribution in [1.82, 2.24) is 0 Å². The van der Waals surface area contributed by atoms with Gasteiger partial charge >= 0.3 is 0 Å². The summed E-state index contributed by atoms with van der Waals surface area (Å²) in [5, 5.41) is 22.5. The number of allylic oxidation sites excluding steroid dienone is 1. The Morgan fingerprint density at radius 3 is 1.96 bits per heavy atom. The third-order valence-corrected chi connectivity index (χ3v) is 5.34. The molecule has 0 aromatic rings. The summed E-state index contributed by atoms with van der Waals surface area (Å²) >= 11 is 0. The fourth-order valence-electron chi connectivity index (χ4n) is 3.90. The van der Waals surface area contributed by atoms with Crippen molar-refractivity contribution in [2.75, 3.05) is 19.6 Å². The average molecular weight is 370 g/mol. The Morgan fingerprint density at radius 2 is 1.54 bits per heavy atom. The molecule has 0 rings (SSSR count). The lowest BCUT2D eigenvalue weighted by atomic mass is 10.0. The number of hydrogen-bond acceptors (Lipinski definition) is 3. The number of carbonyl (C=O) groups is 1. The molecule has 1 N–H and O–H groups in total. The number of carbonyl (C=O) groups excluding carboxylic acids is 1. The highest BCUT2D eigenvalue weighted by atomic mass is 16.4. The number of hydrogen-bond donors (Lipinski definition) is 1. The van der Waals surface area contributed by atoms with Crippen molar-refractivity contribution in [2.45, 2.75) is 104 Å². The molecule has 0 aliphatic carbocycles. The molecule has 0 bridgehead atoms. The van der Waals surface area contributed by atoms with Crippen molar-refractivity contribution in [3.8, 4) is 0 Å². The summed E-state index contributed by atoms with van der Waals surface area (Å²) < 4.78 is 0.474. The molecule has 2 atom stereocenters. The summed E-state index contributed by atoms with van der Waals surface area (Å²) in [7, 11) is 0. The van der Waals surface area contributed by atoms with Crippen LogP contribution in [0.5, 0.6) is 0 Å². The number of aliphatic hydroxyl groups is 1. The predicted molar refractivity (Wildman–Crippen MR) is 108 cm³/mol.